The number of hydrogen-bond acceptors (Lipinski definition) is 1. The Morgan fingerprint density at radius 3 is 2.47 bits per heavy atom. The lowest BCUT2D eigenvalue weighted by atomic mass is 10.0. The molecule has 1 aromatic rings. The van der Waals surface area contributed by atoms with Gasteiger partial charge >= 0.3 is 0 Å². The molecule has 1 aromatic carbocycles. The average molecular weight is 254 g/mol. The maximum atomic E-state index is 12.0. The highest BCUT2D eigenvalue weighted by Crippen LogP contribution is 2.13. The number of carbonyl (C=O) groups is 1. The zero-order valence-electron chi connectivity index (χ0n) is 10.7. The third-order valence-electron chi connectivity index (χ3n) is 2.77. The Morgan fingerprint density at radius 2 is 1.94 bits per heavy atom. The van der Waals surface area contributed by atoms with Gasteiger partial charge in [0, 0.05) is 17.5 Å². The summed E-state index contributed by atoms with van der Waals surface area (Å²) in [5.41, 5.74) is 2.84. The number of alkyl halides is 1. The molecule has 1 N–H and O–H groups in total. The molecular formula is C14H20ClNO. The van der Waals surface area contributed by atoms with Crippen molar-refractivity contribution in [3.63, 3.8) is 0 Å². The van der Waals surface area contributed by atoms with E-state index in [1.165, 1.54) is 0 Å². The second kappa shape index (κ2) is 6.65. The van der Waals surface area contributed by atoms with E-state index >= 15 is 0 Å². The summed E-state index contributed by atoms with van der Waals surface area (Å²) in [6.07, 6.45) is 1.84. The summed E-state index contributed by atoms with van der Waals surface area (Å²) < 4.78 is 0. The topological polar surface area (TPSA) is 29.1 Å². The summed E-state index contributed by atoms with van der Waals surface area (Å²) in [5.74, 6) is 0.0165. The lowest BCUT2D eigenvalue weighted by molar-refractivity contribution is 0.0952. The van der Waals surface area contributed by atoms with Crippen LogP contribution in [0.2, 0.25) is 0 Å². The molecule has 1 atom stereocenters. The van der Waals surface area contributed by atoms with Gasteiger partial charge in [-0.3, -0.25) is 4.79 Å². The van der Waals surface area contributed by atoms with Crippen LogP contribution in [0.5, 0.6) is 0 Å². The van der Waals surface area contributed by atoms with Crippen molar-refractivity contribution in [3.05, 3.63) is 34.9 Å². The van der Waals surface area contributed by atoms with Crippen molar-refractivity contribution in [1.29, 1.82) is 0 Å². The molecule has 0 fully saturated rings. The molecule has 1 amide bonds. The minimum atomic E-state index is 0.0165. The highest BCUT2D eigenvalue weighted by molar-refractivity contribution is 6.20. The first-order valence-corrected chi connectivity index (χ1v) is 6.44. The van der Waals surface area contributed by atoms with Gasteiger partial charge in [0.2, 0.25) is 0 Å². The van der Waals surface area contributed by atoms with Crippen molar-refractivity contribution in [2.24, 2.45) is 0 Å². The maximum Gasteiger partial charge on any atom is 0.251 e. The van der Waals surface area contributed by atoms with Crippen LogP contribution in [-0.2, 0) is 0 Å². The van der Waals surface area contributed by atoms with E-state index in [2.05, 4.69) is 5.32 Å². The predicted molar refractivity (Wildman–Crippen MR) is 72.8 cm³/mol. The first-order chi connectivity index (χ1) is 8.02. The average Bonchev–Trinajstić information content (AvgIpc) is 2.24. The first-order valence-electron chi connectivity index (χ1n) is 6.01. The minimum absolute atomic E-state index is 0.0165. The molecule has 0 aliphatic heterocycles. The maximum absolute atomic E-state index is 12.0. The first kappa shape index (κ1) is 14.0. The van der Waals surface area contributed by atoms with E-state index in [-0.39, 0.29) is 11.3 Å². The Morgan fingerprint density at radius 1 is 1.35 bits per heavy atom. The van der Waals surface area contributed by atoms with E-state index in [1.54, 1.807) is 0 Å². The van der Waals surface area contributed by atoms with Gasteiger partial charge in [-0.15, -0.1) is 11.6 Å². The number of hydrogen-bond donors (Lipinski definition) is 1. The van der Waals surface area contributed by atoms with Gasteiger partial charge in [-0.2, -0.15) is 0 Å². The molecule has 0 radical (unpaired) electrons. The van der Waals surface area contributed by atoms with Gasteiger partial charge in [0.1, 0.15) is 0 Å². The zero-order valence-corrected chi connectivity index (χ0v) is 11.5. The van der Waals surface area contributed by atoms with Crippen molar-refractivity contribution < 1.29 is 4.79 Å². The zero-order chi connectivity index (χ0) is 12.8. The predicted octanol–water partition coefficient (Wildman–Crippen LogP) is 3.44. The summed E-state index contributed by atoms with van der Waals surface area (Å²) in [6, 6.07) is 5.89. The second-order valence-corrected chi connectivity index (χ2v) is 5.19. The molecule has 94 valence electrons. The van der Waals surface area contributed by atoms with Crippen LogP contribution in [0, 0.1) is 13.8 Å². The highest BCUT2D eigenvalue weighted by atomic mass is 35.5. The molecule has 0 aliphatic rings. The standard InChI is InChI=1S/C14H20ClNO/c1-10-6-4-7-11(2)13(10)14(17)16-9-5-8-12(3)15/h4,6-7,12H,5,8-9H2,1-3H3,(H,16,17). The normalized spacial score (nSPS) is 12.2. The van der Waals surface area contributed by atoms with Gasteiger partial charge in [-0.05, 0) is 44.7 Å². The van der Waals surface area contributed by atoms with Crippen LogP contribution in [-0.4, -0.2) is 17.8 Å². The smallest absolute Gasteiger partial charge is 0.251 e. The Kier molecular flexibility index (Phi) is 5.49. The van der Waals surface area contributed by atoms with E-state index in [0.717, 1.165) is 29.5 Å². The number of halogens is 1. The molecule has 1 unspecified atom stereocenters. The molecule has 0 spiro atoms. The van der Waals surface area contributed by atoms with Crippen LogP contribution in [0.15, 0.2) is 18.2 Å². The fourth-order valence-electron chi connectivity index (χ4n) is 1.85. The van der Waals surface area contributed by atoms with Gasteiger partial charge in [0.25, 0.3) is 5.91 Å². The molecule has 0 aromatic heterocycles. The van der Waals surface area contributed by atoms with Crippen LogP contribution in [0.4, 0.5) is 0 Å². The summed E-state index contributed by atoms with van der Waals surface area (Å²) >= 11 is 5.85. The van der Waals surface area contributed by atoms with E-state index in [9.17, 15) is 4.79 Å². The van der Waals surface area contributed by atoms with Crippen molar-refractivity contribution in [2.45, 2.75) is 39.0 Å². The van der Waals surface area contributed by atoms with Crippen molar-refractivity contribution in [3.8, 4) is 0 Å². The number of nitrogens with one attached hydrogen (secondary N) is 1. The van der Waals surface area contributed by atoms with Crippen molar-refractivity contribution in [2.75, 3.05) is 6.54 Å². The summed E-state index contributed by atoms with van der Waals surface area (Å²) in [7, 11) is 0. The second-order valence-electron chi connectivity index (χ2n) is 4.45. The molecule has 0 heterocycles. The largest absolute Gasteiger partial charge is 0.352 e. The molecule has 0 saturated carbocycles. The minimum Gasteiger partial charge on any atom is -0.352 e. The number of benzene rings is 1. The van der Waals surface area contributed by atoms with E-state index in [1.807, 2.05) is 39.0 Å². The molecule has 3 heteroatoms. The summed E-state index contributed by atoms with van der Waals surface area (Å²) in [6.45, 7) is 6.57. The fourth-order valence-corrected chi connectivity index (χ4v) is 2.00. The van der Waals surface area contributed by atoms with E-state index < -0.39 is 0 Å². The highest BCUT2D eigenvalue weighted by Gasteiger charge is 2.10. The van der Waals surface area contributed by atoms with Gasteiger partial charge in [0.15, 0.2) is 0 Å². The molecule has 17 heavy (non-hydrogen) atoms. The lowest BCUT2D eigenvalue weighted by Crippen LogP contribution is -2.26. The lowest BCUT2D eigenvalue weighted by Gasteiger charge is -2.10. The number of carbonyl (C=O) groups excluding carboxylic acids is 1. The van der Waals surface area contributed by atoms with Crippen LogP contribution in [0.1, 0.15) is 41.3 Å². The third kappa shape index (κ3) is 4.39. The molecule has 0 aliphatic carbocycles. The Hall–Kier alpha value is -1.02. The summed E-state index contributed by atoms with van der Waals surface area (Å²) in [5, 5.41) is 3.11. The molecule has 0 bridgehead atoms. The van der Waals surface area contributed by atoms with Gasteiger partial charge < -0.3 is 5.32 Å². The van der Waals surface area contributed by atoms with Gasteiger partial charge in [0.05, 0.1) is 0 Å². The van der Waals surface area contributed by atoms with Gasteiger partial charge in [-0.1, -0.05) is 18.2 Å². The molecule has 2 nitrogen and oxygen atoms in total. The molecule has 1 rings (SSSR count). The van der Waals surface area contributed by atoms with Crippen LogP contribution in [0.3, 0.4) is 0 Å². The Balaban J connectivity index is 2.53. The van der Waals surface area contributed by atoms with Crippen LogP contribution >= 0.6 is 11.6 Å². The fraction of sp³-hybridized carbons (Fsp3) is 0.500. The van der Waals surface area contributed by atoms with E-state index in [4.69, 9.17) is 11.6 Å². The van der Waals surface area contributed by atoms with E-state index in [0.29, 0.717) is 6.54 Å². The van der Waals surface area contributed by atoms with Crippen LogP contribution < -0.4 is 5.32 Å². The third-order valence-corrected chi connectivity index (χ3v) is 2.99. The Labute approximate surface area is 108 Å². The monoisotopic (exact) mass is 253 g/mol. The molecular weight excluding hydrogens is 234 g/mol. The van der Waals surface area contributed by atoms with Crippen LogP contribution in [0.25, 0.3) is 0 Å². The Bertz CT molecular complexity index is 368. The molecule has 0 saturated heterocycles. The number of aryl methyl sites for hydroxylation is 2. The van der Waals surface area contributed by atoms with Gasteiger partial charge in [-0.25, -0.2) is 0 Å². The summed E-state index contributed by atoms with van der Waals surface area (Å²) in [4.78, 5) is 12.0. The SMILES string of the molecule is Cc1cccc(C)c1C(=O)NCCCC(C)Cl. The quantitative estimate of drug-likeness (QED) is 0.632. The number of amides is 1. The number of rotatable bonds is 5. The van der Waals surface area contributed by atoms with Crippen molar-refractivity contribution in [1.82, 2.24) is 5.32 Å². The van der Waals surface area contributed by atoms with Crippen molar-refractivity contribution >= 4 is 17.5 Å².